The van der Waals surface area contributed by atoms with E-state index in [-0.39, 0.29) is 0 Å². The molecule has 104 valence electrons. The lowest BCUT2D eigenvalue weighted by molar-refractivity contribution is -0.0455. The van der Waals surface area contributed by atoms with Gasteiger partial charge in [0.05, 0.1) is 11.7 Å². The van der Waals surface area contributed by atoms with E-state index in [1.165, 1.54) is 71.0 Å². The van der Waals surface area contributed by atoms with Crippen molar-refractivity contribution in [3.8, 4) is 0 Å². The summed E-state index contributed by atoms with van der Waals surface area (Å²) in [6.07, 6.45) is 11.3. The Labute approximate surface area is 120 Å². The topological polar surface area (TPSA) is 12.5 Å². The van der Waals surface area contributed by atoms with Crippen LogP contribution in [0.15, 0.2) is 0 Å². The van der Waals surface area contributed by atoms with E-state index in [0.29, 0.717) is 11.7 Å². The molecule has 2 heterocycles. The zero-order chi connectivity index (χ0) is 12.4. The van der Waals surface area contributed by atoms with Crippen molar-refractivity contribution in [1.82, 2.24) is 4.90 Å². The van der Waals surface area contributed by atoms with Gasteiger partial charge in [-0.3, -0.25) is 0 Å². The lowest BCUT2D eigenvalue weighted by atomic mass is 9.98. The summed E-state index contributed by atoms with van der Waals surface area (Å²) in [4.78, 5) is 2.64. The number of likely N-dealkylation sites (tertiary alicyclic amines) is 1. The first-order chi connectivity index (χ1) is 8.80. The smallest absolute Gasteiger partial charge is 0.0710 e. The number of rotatable bonds is 4. The molecule has 0 aromatic heterocycles. The highest BCUT2D eigenvalue weighted by Gasteiger charge is 2.42. The van der Waals surface area contributed by atoms with Crippen LogP contribution in [0.5, 0.6) is 0 Å². The summed E-state index contributed by atoms with van der Waals surface area (Å²) in [5.74, 6) is 0.922. The second-order valence-corrected chi connectivity index (χ2v) is 7.35. The third kappa shape index (κ3) is 2.94. The molecule has 2 nitrogen and oxygen atoms in total. The molecule has 3 heteroatoms. The first kappa shape index (κ1) is 13.4. The fourth-order valence-corrected chi connectivity index (χ4v) is 4.82. The fraction of sp³-hybridized carbons (Fsp3) is 1.00. The Morgan fingerprint density at radius 1 is 1.17 bits per heavy atom. The van der Waals surface area contributed by atoms with E-state index in [4.69, 9.17) is 4.74 Å². The average molecular weight is 316 g/mol. The summed E-state index contributed by atoms with van der Waals surface area (Å²) in [5.41, 5.74) is 0.319. The Hall–Kier alpha value is 0.400. The lowest BCUT2D eigenvalue weighted by Crippen LogP contribution is -2.33. The van der Waals surface area contributed by atoms with Gasteiger partial charge in [-0.1, -0.05) is 28.8 Å². The maximum Gasteiger partial charge on any atom is 0.0710 e. The van der Waals surface area contributed by atoms with Crippen LogP contribution in [0, 0.1) is 5.92 Å². The van der Waals surface area contributed by atoms with E-state index in [1.54, 1.807) is 0 Å². The van der Waals surface area contributed by atoms with E-state index in [1.807, 2.05) is 0 Å². The third-order valence-electron chi connectivity index (χ3n) is 5.20. The lowest BCUT2D eigenvalue weighted by Gasteiger charge is -2.26. The molecular weight excluding hydrogens is 290 g/mol. The molecule has 0 bridgehead atoms. The molecule has 2 saturated heterocycles. The maximum atomic E-state index is 6.42. The van der Waals surface area contributed by atoms with Gasteiger partial charge in [0.15, 0.2) is 0 Å². The van der Waals surface area contributed by atoms with Crippen molar-refractivity contribution >= 4 is 15.9 Å². The molecule has 0 N–H and O–H groups in total. The minimum atomic E-state index is 0.319. The average Bonchev–Trinajstić information content (AvgIpc) is 3.06. The number of halogens is 1. The minimum Gasteiger partial charge on any atom is -0.370 e. The molecule has 0 amide bonds. The molecule has 0 aromatic carbocycles. The van der Waals surface area contributed by atoms with Crippen molar-refractivity contribution in [2.75, 3.05) is 25.0 Å². The number of ether oxygens (including phenoxy) is 1. The van der Waals surface area contributed by atoms with Gasteiger partial charge in [-0.25, -0.2) is 0 Å². The van der Waals surface area contributed by atoms with E-state index < -0.39 is 0 Å². The Balaban J connectivity index is 1.44. The summed E-state index contributed by atoms with van der Waals surface area (Å²) < 4.78 is 6.42. The van der Waals surface area contributed by atoms with Crippen LogP contribution in [-0.2, 0) is 4.74 Å². The predicted molar refractivity (Wildman–Crippen MR) is 78.3 cm³/mol. The van der Waals surface area contributed by atoms with Crippen molar-refractivity contribution in [2.24, 2.45) is 5.92 Å². The molecule has 1 spiro atoms. The standard InChI is InChI=1S/C15H26BrNO/c16-9-4-13-5-10-17(11-13)12-14-3-8-15(18-14)6-1-2-7-15/h13-14H,1-12H2. The molecule has 2 atom stereocenters. The first-order valence-corrected chi connectivity index (χ1v) is 8.88. The quantitative estimate of drug-likeness (QED) is 0.735. The van der Waals surface area contributed by atoms with Crippen LogP contribution in [0.3, 0.4) is 0 Å². The molecule has 2 aliphatic heterocycles. The number of nitrogens with zero attached hydrogens (tertiary/aromatic N) is 1. The summed E-state index contributed by atoms with van der Waals surface area (Å²) >= 11 is 3.56. The molecule has 1 saturated carbocycles. The fourth-order valence-electron chi connectivity index (χ4n) is 4.17. The molecule has 0 radical (unpaired) electrons. The minimum absolute atomic E-state index is 0.319. The summed E-state index contributed by atoms with van der Waals surface area (Å²) in [6, 6.07) is 0. The van der Waals surface area contributed by atoms with E-state index in [0.717, 1.165) is 11.2 Å². The van der Waals surface area contributed by atoms with Crippen LogP contribution < -0.4 is 0 Å². The maximum absolute atomic E-state index is 6.42. The predicted octanol–water partition coefficient (Wildman–Crippen LogP) is 3.59. The Morgan fingerprint density at radius 3 is 2.78 bits per heavy atom. The second kappa shape index (κ2) is 5.80. The van der Waals surface area contributed by atoms with Crippen LogP contribution in [0.4, 0.5) is 0 Å². The molecule has 3 aliphatic rings. The van der Waals surface area contributed by atoms with Crippen LogP contribution in [0.1, 0.15) is 51.4 Å². The number of alkyl halides is 1. The van der Waals surface area contributed by atoms with Gasteiger partial charge in [0.25, 0.3) is 0 Å². The summed E-state index contributed by atoms with van der Waals surface area (Å²) in [7, 11) is 0. The van der Waals surface area contributed by atoms with Gasteiger partial charge >= 0.3 is 0 Å². The highest BCUT2D eigenvalue weighted by Crippen LogP contribution is 2.43. The zero-order valence-corrected chi connectivity index (χ0v) is 13.0. The van der Waals surface area contributed by atoms with Crippen molar-refractivity contribution < 1.29 is 4.74 Å². The van der Waals surface area contributed by atoms with Crippen LogP contribution >= 0.6 is 15.9 Å². The molecule has 0 aromatic rings. The van der Waals surface area contributed by atoms with E-state index in [9.17, 15) is 0 Å². The Morgan fingerprint density at radius 2 is 2.00 bits per heavy atom. The highest BCUT2D eigenvalue weighted by atomic mass is 79.9. The second-order valence-electron chi connectivity index (χ2n) is 6.56. The van der Waals surface area contributed by atoms with Crippen molar-refractivity contribution in [1.29, 1.82) is 0 Å². The molecular formula is C15H26BrNO. The molecule has 1 aliphatic carbocycles. The van der Waals surface area contributed by atoms with Gasteiger partial charge in [0.2, 0.25) is 0 Å². The first-order valence-electron chi connectivity index (χ1n) is 7.76. The SMILES string of the molecule is BrCCC1CCN(CC2CCC3(CCCC3)O2)C1. The normalized spacial score (nSPS) is 35.8. The molecule has 18 heavy (non-hydrogen) atoms. The number of hydrogen-bond donors (Lipinski definition) is 0. The van der Waals surface area contributed by atoms with Gasteiger partial charge in [-0.15, -0.1) is 0 Å². The Kier molecular flexibility index (Phi) is 4.32. The van der Waals surface area contributed by atoms with Gasteiger partial charge in [0, 0.05) is 18.4 Å². The third-order valence-corrected chi connectivity index (χ3v) is 5.66. The van der Waals surface area contributed by atoms with E-state index in [2.05, 4.69) is 20.8 Å². The van der Waals surface area contributed by atoms with E-state index >= 15 is 0 Å². The van der Waals surface area contributed by atoms with Gasteiger partial charge in [-0.05, 0) is 51.0 Å². The molecule has 3 rings (SSSR count). The largest absolute Gasteiger partial charge is 0.370 e. The number of hydrogen-bond acceptors (Lipinski definition) is 2. The Bertz CT molecular complexity index is 278. The van der Waals surface area contributed by atoms with Gasteiger partial charge in [-0.2, -0.15) is 0 Å². The van der Waals surface area contributed by atoms with Gasteiger partial charge < -0.3 is 9.64 Å². The molecule has 3 fully saturated rings. The van der Waals surface area contributed by atoms with Crippen LogP contribution in [0.2, 0.25) is 0 Å². The zero-order valence-electron chi connectivity index (χ0n) is 11.4. The van der Waals surface area contributed by atoms with Crippen molar-refractivity contribution in [2.45, 2.75) is 63.1 Å². The van der Waals surface area contributed by atoms with Crippen LogP contribution in [0.25, 0.3) is 0 Å². The summed E-state index contributed by atoms with van der Waals surface area (Å²) in [5, 5.41) is 1.16. The highest BCUT2D eigenvalue weighted by molar-refractivity contribution is 9.09. The summed E-state index contributed by atoms with van der Waals surface area (Å²) in [6.45, 7) is 3.80. The van der Waals surface area contributed by atoms with Crippen molar-refractivity contribution in [3.05, 3.63) is 0 Å². The van der Waals surface area contributed by atoms with Crippen molar-refractivity contribution in [3.63, 3.8) is 0 Å². The van der Waals surface area contributed by atoms with Crippen LogP contribution in [-0.4, -0.2) is 41.6 Å². The van der Waals surface area contributed by atoms with Gasteiger partial charge in [0.1, 0.15) is 0 Å². The monoisotopic (exact) mass is 315 g/mol. The molecule has 2 unspecified atom stereocenters.